The van der Waals surface area contributed by atoms with Crippen molar-refractivity contribution in [3.8, 4) is 0 Å². The minimum Gasteiger partial charge on any atom is -0.355 e. The third-order valence-corrected chi connectivity index (χ3v) is 5.08. The number of hydrogen-bond acceptors (Lipinski definition) is 3. The van der Waals surface area contributed by atoms with Gasteiger partial charge in [-0.2, -0.15) is 0 Å². The standard InChI is InChI=1S/C12H14Cl2N2O3S/c13-10-2-1-3-11(14)9(10)7-20(18,19)16-8-4-5-12(17)15-6-8/h1-3,8,16H,4-7H2,(H,15,17)/t8-/m0/s1. The van der Waals surface area contributed by atoms with E-state index < -0.39 is 10.0 Å². The lowest BCUT2D eigenvalue weighted by molar-refractivity contribution is -0.122. The van der Waals surface area contributed by atoms with Crippen molar-refractivity contribution in [2.45, 2.75) is 24.6 Å². The molecule has 0 saturated carbocycles. The molecule has 5 nitrogen and oxygen atoms in total. The number of hydrogen-bond donors (Lipinski definition) is 2. The van der Waals surface area contributed by atoms with E-state index in [1.165, 1.54) is 0 Å². The molecule has 1 aromatic carbocycles. The highest BCUT2D eigenvalue weighted by molar-refractivity contribution is 7.88. The van der Waals surface area contributed by atoms with E-state index >= 15 is 0 Å². The van der Waals surface area contributed by atoms with Gasteiger partial charge in [-0.3, -0.25) is 4.79 Å². The van der Waals surface area contributed by atoms with Crippen molar-refractivity contribution in [1.29, 1.82) is 0 Å². The second-order valence-electron chi connectivity index (χ2n) is 4.62. The summed E-state index contributed by atoms with van der Waals surface area (Å²) >= 11 is 11.9. The molecule has 0 aliphatic carbocycles. The molecule has 1 atom stereocenters. The topological polar surface area (TPSA) is 75.3 Å². The summed E-state index contributed by atoms with van der Waals surface area (Å²) in [5, 5.41) is 3.26. The van der Waals surface area contributed by atoms with Crippen LogP contribution in [-0.2, 0) is 20.6 Å². The molecule has 1 fully saturated rings. The summed E-state index contributed by atoms with van der Waals surface area (Å²) in [5.74, 6) is -0.342. The van der Waals surface area contributed by atoms with Gasteiger partial charge in [0.05, 0.1) is 5.75 Å². The molecule has 0 aromatic heterocycles. The van der Waals surface area contributed by atoms with Crippen LogP contribution < -0.4 is 10.0 Å². The number of nitrogens with one attached hydrogen (secondary N) is 2. The van der Waals surface area contributed by atoms with E-state index in [0.717, 1.165) is 0 Å². The lowest BCUT2D eigenvalue weighted by Crippen LogP contribution is -2.47. The number of carbonyl (C=O) groups is 1. The Morgan fingerprint density at radius 1 is 1.30 bits per heavy atom. The van der Waals surface area contributed by atoms with E-state index in [4.69, 9.17) is 23.2 Å². The molecule has 2 rings (SSSR count). The van der Waals surface area contributed by atoms with Gasteiger partial charge >= 0.3 is 0 Å². The first-order valence-electron chi connectivity index (χ1n) is 6.07. The van der Waals surface area contributed by atoms with Crippen LogP contribution >= 0.6 is 23.2 Å². The molecular weight excluding hydrogens is 323 g/mol. The highest BCUT2D eigenvalue weighted by atomic mass is 35.5. The number of piperidine rings is 1. The third kappa shape index (κ3) is 4.09. The van der Waals surface area contributed by atoms with Gasteiger partial charge in [-0.05, 0) is 18.6 Å². The Kier molecular flexibility index (Phi) is 4.90. The van der Waals surface area contributed by atoms with Gasteiger partial charge in [0.25, 0.3) is 0 Å². The van der Waals surface area contributed by atoms with E-state index in [9.17, 15) is 13.2 Å². The lowest BCUT2D eigenvalue weighted by Gasteiger charge is -2.23. The van der Waals surface area contributed by atoms with Gasteiger partial charge in [0.1, 0.15) is 0 Å². The Bertz CT molecular complexity index is 589. The van der Waals surface area contributed by atoms with Crippen molar-refractivity contribution in [3.63, 3.8) is 0 Å². The highest BCUT2D eigenvalue weighted by Gasteiger charge is 2.24. The van der Waals surface area contributed by atoms with Gasteiger partial charge in [0.15, 0.2) is 0 Å². The van der Waals surface area contributed by atoms with E-state index in [0.29, 0.717) is 35.0 Å². The van der Waals surface area contributed by atoms with Crippen molar-refractivity contribution in [2.24, 2.45) is 0 Å². The van der Waals surface area contributed by atoms with Crippen LogP contribution in [0.25, 0.3) is 0 Å². The molecule has 1 aromatic rings. The van der Waals surface area contributed by atoms with Gasteiger partial charge < -0.3 is 5.32 Å². The van der Waals surface area contributed by atoms with Crippen molar-refractivity contribution >= 4 is 39.1 Å². The Balaban J connectivity index is 2.06. The molecule has 2 N–H and O–H groups in total. The van der Waals surface area contributed by atoms with Gasteiger partial charge in [0, 0.05) is 34.6 Å². The van der Waals surface area contributed by atoms with Crippen LogP contribution in [0.2, 0.25) is 10.0 Å². The first-order chi connectivity index (χ1) is 9.37. The van der Waals surface area contributed by atoms with Crippen LogP contribution in [0.5, 0.6) is 0 Å². The molecule has 20 heavy (non-hydrogen) atoms. The van der Waals surface area contributed by atoms with E-state index in [1.807, 2.05) is 0 Å². The summed E-state index contributed by atoms with van der Waals surface area (Å²) in [7, 11) is -3.57. The second kappa shape index (κ2) is 6.30. The molecule has 0 bridgehead atoms. The number of benzene rings is 1. The predicted octanol–water partition coefficient (Wildman–Crippen LogP) is 1.69. The minimum absolute atomic E-state index is 0.0606. The molecule has 1 heterocycles. The highest BCUT2D eigenvalue weighted by Crippen LogP contribution is 2.26. The summed E-state index contributed by atoms with van der Waals surface area (Å²) in [5.41, 5.74) is 0.378. The average Bonchev–Trinajstić information content (AvgIpc) is 2.37. The lowest BCUT2D eigenvalue weighted by atomic mass is 10.1. The Morgan fingerprint density at radius 2 is 1.95 bits per heavy atom. The molecule has 1 saturated heterocycles. The fourth-order valence-corrected chi connectivity index (χ4v) is 4.16. The zero-order valence-corrected chi connectivity index (χ0v) is 12.9. The van der Waals surface area contributed by atoms with Gasteiger partial charge in [-0.1, -0.05) is 29.3 Å². The first kappa shape index (κ1) is 15.6. The number of amides is 1. The molecule has 1 aliphatic heterocycles. The quantitative estimate of drug-likeness (QED) is 0.878. The zero-order chi connectivity index (χ0) is 14.8. The van der Waals surface area contributed by atoms with Gasteiger partial charge in [-0.25, -0.2) is 13.1 Å². The molecule has 110 valence electrons. The smallest absolute Gasteiger partial charge is 0.220 e. The Morgan fingerprint density at radius 3 is 2.50 bits per heavy atom. The van der Waals surface area contributed by atoms with Crippen molar-refractivity contribution in [3.05, 3.63) is 33.8 Å². The largest absolute Gasteiger partial charge is 0.355 e. The maximum Gasteiger partial charge on any atom is 0.220 e. The van der Waals surface area contributed by atoms with Crippen LogP contribution in [0.4, 0.5) is 0 Å². The molecular formula is C12H14Cl2N2O3S. The summed E-state index contributed by atoms with van der Waals surface area (Å²) in [4.78, 5) is 11.0. The van der Waals surface area contributed by atoms with Crippen LogP contribution in [-0.4, -0.2) is 26.9 Å². The van der Waals surface area contributed by atoms with Crippen LogP contribution in [0.15, 0.2) is 18.2 Å². The van der Waals surface area contributed by atoms with Gasteiger partial charge in [0.2, 0.25) is 15.9 Å². The van der Waals surface area contributed by atoms with Crippen molar-refractivity contribution in [1.82, 2.24) is 10.0 Å². The normalized spacial score (nSPS) is 19.7. The molecule has 0 radical (unpaired) electrons. The van der Waals surface area contributed by atoms with E-state index in [-0.39, 0.29) is 17.7 Å². The number of sulfonamides is 1. The van der Waals surface area contributed by atoms with Crippen molar-refractivity contribution < 1.29 is 13.2 Å². The van der Waals surface area contributed by atoms with E-state index in [1.54, 1.807) is 18.2 Å². The number of carbonyl (C=O) groups excluding carboxylic acids is 1. The second-order valence-corrected chi connectivity index (χ2v) is 7.19. The first-order valence-corrected chi connectivity index (χ1v) is 8.48. The maximum atomic E-state index is 12.1. The van der Waals surface area contributed by atoms with Gasteiger partial charge in [-0.15, -0.1) is 0 Å². The predicted molar refractivity (Wildman–Crippen MR) is 78.3 cm³/mol. The van der Waals surface area contributed by atoms with E-state index in [2.05, 4.69) is 10.0 Å². The fourth-order valence-electron chi connectivity index (χ4n) is 1.99. The molecule has 1 aliphatic rings. The zero-order valence-electron chi connectivity index (χ0n) is 10.5. The number of rotatable bonds is 4. The summed E-state index contributed by atoms with van der Waals surface area (Å²) in [6.45, 7) is 0.300. The molecule has 1 amide bonds. The average molecular weight is 337 g/mol. The SMILES string of the molecule is O=C1CC[C@H](NS(=O)(=O)Cc2c(Cl)cccc2Cl)CN1. The fraction of sp³-hybridized carbons (Fsp3) is 0.417. The maximum absolute atomic E-state index is 12.1. The third-order valence-electron chi connectivity index (χ3n) is 3.01. The Hall–Kier alpha value is -0.820. The Labute approximate surface area is 127 Å². The minimum atomic E-state index is -3.57. The van der Waals surface area contributed by atoms with Crippen LogP contribution in [0.3, 0.4) is 0 Å². The van der Waals surface area contributed by atoms with Crippen LogP contribution in [0.1, 0.15) is 18.4 Å². The summed E-state index contributed by atoms with van der Waals surface area (Å²) < 4.78 is 26.8. The monoisotopic (exact) mass is 336 g/mol. The molecule has 0 unspecified atom stereocenters. The summed E-state index contributed by atoms with van der Waals surface area (Å²) in [6.07, 6.45) is 0.807. The number of halogens is 2. The molecule has 8 heteroatoms. The summed E-state index contributed by atoms with van der Waals surface area (Å²) in [6, 6.07) is 4.56. The molecule has 0 spiro atoms. The van der Waals surface area contributed by atoms with Crippen LogP contribution in [0, 0.1) is 0 Å². The van der Waals surface area contributed by atoms with Crippen molar-refractivity contribution in [2.75, 3.05) is 6.54 Å².